The van der Waals surface area contributed by atoms with Gasteiger partial charge in [0.1, 0.15) is 0 Å². The maximum atomic E-state index is 3.41. The average molecular weight is 188 g/mol. The molecule has 74 valence electrons. The quantitative estimate of drug-likeness (QED) is 0.707. The van der Waals surface area contributed by atoms with Crippen molar-refractivity contribution in [3.05, 3.63) is 30.5 Å². The standard InChI is InChI=1S/C12H16N2/c1-2-3-7-13-11-4-5-12-10(9-11)6-8-14-12/h4-6,8-9,13-14H,2-3,7H2,1H3. The number of unbranched alkanes of at least 4 members (excludes halogenated alkanes) is 1. The maximum Gasteiger partial charge on any atom is 0.0455 e. The molecule has 0 amide bonds. The fourth-order valence-corrected chi connectivity index (χ4v) is 1.57. The molecule has 0 unspecified atom stereocenters. The third-order valence-corrected chi connectivity index (χ3v) is 2.41. The average Bonchev–Trinajstić information content (AvgIpc) is 2.65. The molecule has 0 saturated carbocycles. The number of aromatic nitrogens is 1. The number of anilines is 1. The number of hydrogen-bond acceptors (Lipinski definition) is 1. The highest BCUT2D eigenvalue weighted by Crippen LogP contribution is 2.17. The summed E-state index contributed by atoms with van der Waals surface area (Å²) >= 11 is 0. The second-order valence-corrected chi connectivity index (χ2v) is 3.56. The fourth-order valence-electron chi connectivity index (χ4n) is 1.57. The SMILES string of the molecule is CCCCNc1ccc2[nH]ccc2c1. The van der Waals surface area contributed by atoms with E-state index in [0.29, 0.717) is 0 Å². The van der Waals surface area contributed by atoms with E-state index in [9.17, 15) is 0 Å². The lowest BCUT2D eigenvalue weighted by Crippen LogP contribution is -2.00. The molecule has 2 nitrogen and oxygen atoms in total. The number of H-pyrrole nitrogens is 1. The van der Waals surface area contributed by atoms with Crippen molar-refractivity contribution in [2.24, 2.45) is 0 Å². The summed E-state index contributed by atoms with van der Waals surface area (Å²) in [5.74, 6) is 0. The predicted octanol–water partition coefficient (Wildman–Crippen LogP) is 3.38. The van der Waals surface area contributed by atoms with E-state index in [-0.39, 0.29) is 0 Å². The molecule has 2 N–H and O–H groups in total. The van der Waals surface area contributed by atoms with Crippen LogP contribution in [0, 0.1) is 0 Å². The van der Waals surface area contributed by atoms with Crippen LogP contribution in [0.15, 0.2) is 30.5 Å². The second kappa shape index (κ2) is 4.18. The highest BCUT2D eigenvalue weighted by atomic mass is 14.9. The molecule has 0 aliphatic rings. The predicted molar refractivity (Wildman–Crippen MR) is 61.7 cm³/mol. The van der Waals surface area contributed by atoms with Gasteiger partial charge in [0.05, 0.1) is 0 Å². The molecule has 2 aromatic rings. The van der Waals surface area contributed by atoms with E-state index in [0.717, 1.165) is 6.54 Å². The number of benzene rings is 1. The van der Waals surface area contributed by atoms with Crippen LogP contribution in [0.5, 0.6) is 0 Å². The molecule has 1 aromatic heterocycles. The van der Waals surface area contributed by atoms with Crippen LogP contribution in [0.2, 0.25) is 0 Å². The largest absolute Gasteiger partial charge is 0.385 e. The van der Waals surface area contributed by atoms with Gasteiger partial charge in [-0.05, 0) is 30.7 Å². The molecule has 1 aromatic carbocycles. The monoisotopic (exact) mass is 188 g/mol. The van der Waals surface area contributed by atoms with Crippen molar-refractivity contribution < 1.29 is 0 Å². The van der Waals surface area contributed by atoms with Gasteiger partial charge in [0.2, 0.25) is 0 Å². The molecule has 14 heavy (non-hydrogen) atoms. The van der Waals surface area contributed by atoms with Crippen molar-refractivity contribution in [3.63, 3.8) is 0 Å². The summed E-state index contributed by atoms with van der Waals surface area (Å²) in [6.07, 6.45) is 4.44. The Labute approximate surface area is 84.3 Å². The van der Waals surface area contributed by atoms with Gasteiger partial charge in [-0.1, -0.05) is 13.3 Å². The van der Waals surface area contributed by atoms with Gasteiger partial charge in [0.15, 0.2) is 0 Å². The first-order chi connectivity index (χ1) is 6.90. The van der Waals surface area contributed by atoms with Crippen molar-refractivity contribution in [1.29, 1.82) is 0 Å². The van der Waals surface area contributed by atoms with Gasteiger partial charge in [-0.25, -0.2) is 0 Å². The summed E-state index contributed by atoms with van der Waals surface area (Å²) in [7, 11) is 0. The fraction of sp³-hybridized carbons (Fsp3) is 0.333. The first-order valence-electron chi connectivity index (χ1n) is 5.21. The molecule has 1 heterocycles. The molecule has 0 spiro atoms. The zero-order chi connectivity index (χ0) is 9.80. The summed E-state index contributed by atoms with van der Waals surface area (Å²) in [5, 5.41) is 4.68. The zero-order valence-electron chi connectivity index (χ0n) is 8.51. The lowest BCUT2D eigenvalue weighted by atomic mass is 10.2. The highest BCUT2D eigenvalue weighted by molar-refractivity contribution is 5.82. The van der Waals surface area contributed by atoms with Gasteiger partial charge in [-0.15, -0.1) is 0 Å². The van der Waals surface area contributed by atoms with Crippen molar-refractivity contribution in [3.8, 4) is 0 Å². The van der Waals surface area contributed by atoms with Crippen molar-refractivity contribution >= 4 is 16.6 Å². The molecular weight excluding hydrogens is 172 g/mol. The Morgan fingerprint density at radius 1 is 1.29 bits per heavy atom. The summed E-state index contributed by atoms with van der Waals surface area (Å²) in [4.78, 5) is 3.19. The first-order valence-corrected chi connectivity index (χ1v) is 5.21. The normalized spacial score (nSPS) is 10.6. The lowest BCUT2D eigenvalue weighted by Gasteiger charge is -2.04. The smallest absolute Gasteiger partial charge is 0.0455 e. The minimum Gasteiger partial charge on any atom is -0.385 e. The summed E-state index contributed by atoms with van der Waals surface area (Å²) in [6.45, 7) is 3.27. The third kappa shape index (κ3) is 1.90. The van der Waals surface area contributed by atoms with E-state index in [1.807, 2.05) is 6.20 Å². The minimum absolute atomic E-state index is 1.06. The van der Waals surface area contributed by atoms with E-state index < -0.39 is 0 Å². The Kier molecular flexibility index (Phi) is 2.73. The Hall–Kier alpha value is -1.44. The van der Waals surface area contributed by atoms with E-state index in [1.165, 1.54) is 29.4 Å². The number of aromatic amines is 1. The van der Waals surface area contributed by atoms with Crippen molar-refractivity contribution in [1.82, 2.24) is 4.98 Å². The molecule has 0 fully saturated rings. The molecule has 0 aliphatic heterocycles. The van der Waals surface area contributed by atoms with Crippen LogP contribution in [-0.2, 0) is 0 Å². The third-order valence-electron chi connectivity index (χ3n) is 2.41. The Morgan fingerprint density at radius 3 is 3.07 bits per heavy atom. The molecule has 0 bridgehead atoms. The molecule has 0 saturated heterocycles. The Morgan fingerprint density at radius 2 is 2.21 bits per heavy atom. The van der Waals surface area contributed by atoms with Gasteiger partial charge < -0.3 is 10.3 Å². The van der Waals surface area contributed by atoms with E-state index in [4.69, 9.17) is 0 Å². The molecule has 2 rings (SSSR count). The van der Waals surface area contributed by atoms with Gasteiger partial charge in [-0.3, -0.25) is 0 Å². The molecular formula is C12H16N2. The minimum atomic E-state index is 1.06. The van der Waals surface area contributed by atoms with E-state index in [1.54, 1.807) is 0 Å². The topological polar surface area (TPSA) is 27.8 Å². The lowest BCUT2D eigenvalue weighted by molar-refractivity contribution is 0.834. The van der Waals surface area contributed by atoms with Crippen LogP contribution >= 0.6 is 0 Å². The van der Waals surface area contributed by atoms with E-state index >= 15 is 0 Å². The molecule has 2 heteroatoms. The van der Waals surface area contributed by atoms with Gasteiger partial charge in [0.25, 0.3) is 0 Å². The van der Waals surface area contributed by atoms with E-state index in [2.05, 4.69) is 41.5 Å². The van der Waals surface area contributed by atoms with Gasteiger partial charge in [0, 0.05) is 29.3 Å². The van der Waals surface area contributed by atoms with Crippen LogP contribution in [-0.4, -0.2) is 11.5 Å². The molecule has 0 aliphatic carbocycles. The number of fused-ring (bicyclic) bond motifs is 1. The van der Waals surface area contributed by atoms with Crippen LogP contribution < -0.4 is 5.32 Å². The van der Waals surface area contributed by atoms with Gasteiger partial charge in [-0.2, -0.15) is 0 Å². The molecule has 0 radical (unpaired) electrons. The van der Waals surface area contributed by atoms with Crippen LogP contribution in [0.4, 0.5) is 5.69 Å². The summed E-state index contributed by atoms with van der Waals surface area (Å²) < 4.78 is 0. The first kappa shape index (κ1) is 9.13. The Balaban J connectivity index is 2.10. The van der Waals surface area contributed by atoms with Crippen LogP contribution in [0.3, 0.4) is 0 Å². The zero-order valence-corrected chi connectivity index (χ0v) is 8.51. The van der Waals surface area contributed by atoms with Gasteiger partial charge >= 0.3 is 0 Å². The second-order valence-electron chi connectivity index (χ2n) is 3.56. The van der Waals surface area contributed by atoms with Crippen molar-refractivity contribution in [2.45, 2.75) is 19.8 Å². The number of nitrogens with one attached hydrogen (secondary N) is 2. The highest BCUT2D eigenvalue weighted by Gasteiger charge is 1.95. The Bertz CT molecular complexity index is 403. The maximum absolute atomic E-state index is 3.41. The molecule has 0 atom stereocenters. The van der Waals surface area contributed by atoms with Crippen LogP contribution in [0.1, 0.15) is 19.8 Å². The van der Waals surface area contributed by atoms with Crippen molar-refractivity contribution in [2.75, 3.05) is 11.9 Å². The number of hydrogen-bond donors (Lipinski definition) is 2. The van der Waals surface area contributed by atoms with Crippen LogP contribution in [0.25, 0.3) is 10.9 Å². The number of rotatable bonds is 4. The summed E-state index contributed by atoms with van der Waals surface area (Å²) in [5.41, 5.74) is 2.41. The summed E-state index contributed by atoms with van der Waals surface area (Å²) in [6, 6.07) is 8.51.